The topological polar surface area (TPSA) is 111 Å². The van der Waals surface area contributed by atoms with E-state index >= 15 is 0 Å². The van der Waals surface area contributed by atoms with E-state index in [1.54, 1.807) is 24.3 Å². The number of hydrogen-bond donors (Lipinski definition) is 3. The summed E-state index contributed by atoms with van der Waals surface area (Å²) in [4.78, 5) is 35.0. The number of anilines is 1. The van der Waals surface area contributed by atoms with Crippen molar-refractivity contribution in [3.8, 4) is 5.75 Å². The van der Waals surface area contributed by atoms with Crippen molar-refractivity contribution < 1.29 is 23.5 Å². The Labute approximate surface area is 169 Å². The Balaban J connectivity index is 1.85. The quantitative estimate of drug-likeness (QED) is 0.543. The van der Waals surface area contributed by atoms with Gasteiger partial charge in [-0.25, -0.2) is 4.39 Å². The maximum absolute atomic E-state index is 13.3. The van der Waals surface area contributed by atoms with E-state index in [0.717, 1.165) is 6.07 Å². The molecular weight excluding hydrogens is 433 g/mol. The summed E-state index contributed by atoms with van der Waals surface area (Å²) >= 11 is 3.18. The molecule has 0 aliphatic heterocycles. The third-order valence-electron chi connectivity index (χ3n) is 3.58. The van der Waals surface area contributed by atoms with Gasteiger partial charge in [0.05, 0.1) is 24.3 Å². The van der Waals surface area contributed by atoms with Gasteiger partial charge in [-0.15, -0.1) is 0 Å². The minimum Gasteiger partial charge on any atom is -0.491 e. The van der Waals surface area contributed by atoms with Gasteiger partial charge in [0.25, 0.3) is 5.91 Å². The second-order valence-electron chi connectivity index (χ2n) is 5.74. The van der Waals surface area contributed by atoms with Crippen molar-refractivity contribution in [1.29, 1.82) is 0 Å². The van der Waals surface area contributed by atoms with Crippen molar-refractivity contribution >= 4 is 39.3 Å². The molecule has 0 heterocycles. The standard InChI is InChI=1S/C19H19BrFN3O4/c20-14-6-5-12(21)11-13(14)19(27)23-9-7-18(26)24-15-3-1-2-4-16(15)28-10-8-17(22)25/h1-6,11H,7-10H2,(H2,22,25)(H,23,27)(H,24,26). The third-order valence-corrected chi connectivity index (χ3v) is 4.27. The highest BCUT2D eigenvalue weighted by Gasteiger charge is 2.12. The van der Waals surface area contributed by atoms with Crippen LogP contribution in [0.1, 0.15) is 23.2 Å². The molecule has 0 aliphatic rings. The Kier molecular flexibility index (Phi) is 7.94. The SMILES string of the molecule is NC(=O)CCOc1ccccc1NC(=O)CCNC(=O)c1cc(F)ccc1Br. The summed E-state index contributed by atoms with van der Waals surface area (Å²) in [5.74, 6) is -1.44. The lowest BCUT2D eigenvalue weighted by Gasteiger charge is -2.12. The molecular formula is C19H19BrFN3O4. The Bertz CT molecular complexity index is 876. The number of nitrogens with two attached hydrogens (primary N) is 1. The lowest BCUT2D eigenvalue weighted by molar-refractivity contribution is -0.118. The lowest BCUT2D eigenvalue weighted by atomic mass is 10.2. The van der Waals surface area contributed by atoms with Gasteiger partial charge in [0, 0.05) is 17.4 Å². The van der Waals surface area contributed by atoms with Crippen molar-refractivity contribution in [1.82, 2.24) is 5.32 Å². The highest BCUT2D eigenvalue weighted by molar-refractivity contribution is 9.10. The lowest BCUT2D eigenvalue weighted by Crippen LogP contribution is -2.28. The number of carbonyl (C=O) groups is 3. The number of benzene rings is 2. The van der Waals surface area contributed by atoms with Crippen molar-refractivity contribution in [3.63, 3.8) is 0 Å². The first-order valence-corrected chi connectivity index (χ1v) is 9.19. The van der Waals surface area contributed by atoms with Gasteiger partial charge in [-0.05, 0) is 46.3 Å². The van der Waals surface area contributed by atoms with E-state index in [1.807, 2.05) is 0 Å². The average molecular weight is 452 g/mol. The van der Waals surface area contributed by atoms with Gasteiger partial charge in [0.1, 0.15) is 11.6 Å². The van der Waals surface area contributed by atoms with Gasteiger partial charge in [-0.3, -0.25) is 14.4 Å². The van der Waals surface area contributed by atoms with Crippen LogP contribution in [0, 0.1) is 5.82 Å². The van der Waals surface area contributed by atoms with Crippen LogP contribution < -0.4 is 21.1 Å². The van der Waals surface area contributed by atoms with Crippen LogP contribution in [0.3, 0.4) is 0 Å². The summed E-state index contributed by atoms with van der Waals surface area (Å²) in [5.41, 5.74) is 5.66. The minimum atomic E-state index is -0.529. The fourth-order valence-electron chi connectivity index (χ4n) is 2.23. The summed E-state index contributed by atoms with van der Waals surface area (Å²) in [7, 11) is 0. The van der Waals surface area contributed by atoms with Crippen molar-refractivity contribution in [2.24, 2.45) is 5.73 Å². The molecule has 0 fully saturated rings. The van der Waals surface area contributed by atoms with E-state index in [9.17, 15) is 18.8 Å². The number of ether oxygens (including phenoxy) is 1. The van der Waals surface area contributed by atoms with Crippen LogP contribution in [0.15, 0.2) is 46.9 Å². The number of hydrogen-bond acceptors (Lipinski definition) is 4. The van der Waals surface area contributed by atoms with Crippen molar-refractivity contribution in [2.75, 3.05) is 18.5 Å². The van der Waals surface area contributed by atoms with Gasteiger partial charge in [0.2, 0.25) is 11.8 Å². The van der Waals surface area contributed by atoms with Gasteiger partial charge < -0.3 is 21.1 Å². The molecule has 2 aromatic carbocycles. The molecule has 0 aliphatic carbocycles. The third kappa shape index (κ3) is 6.66. The minimum absolute atomic E-state index is 0.00823. The molecule has 7 nitrogen and oxygen atoms in total. The first-order chi connectivity index (χ1) is 13.4. The molecule has 28 heavy (non-hydrogen) atoms. The van der Waals surface area contributed by atoms with E-state index < -0.39 is 17.6 Å². The molecule has 4 N–H and O–H groups in total. The molecule has 0 bridgehead atoms. The molecule has 3 amide bonds. The number of halogens is 2. The van der Waals surface area contributed by atoms with Crippen LogP contribution in [0.5, 0.6) is 5.75 Å². The fourth-order valence-corrected chi connectivity index (χ4v) is 2.65. The maximum Gasteiger partial charge on any atom is 0.252 e. The Morgan fingerprint density at radius 2 is 1.86 bits per heavy atom. The van der Waals surface area contributed by atoms with E-state index in [2.05, 4.69) is 26.6 Å². The number of primary amides is 1. The Morgan fingerprint density at radius 1 is 1.11 bits per heavy atom. The zero-order chi connectivity index (χ0) is 20.5. The molecule has 148 valence electrons. The van der Waals surface area contributed by atoms with E-state index in [1.165, 1.54) is 12.1 Å². The molecule has 0 unspecified atom stereocenters. The van der Waals surface area contributed by atoms with Gasteiger partial charge in [-0.1, -0.05) is 12.1 Å². The number of nitrogens with one attached hydrogen (secondary N) is 2. The molecule has 9 heteroatoms. The molecule has 2 aromatic rings. The number of amides is 3. The summed E-state index contributed by atoms with van der Waals surface area (Å²) < 4.78 is 19.2. The monoisotopic (exact) mass is 451 g/mol. The normalized spacial score (nSPS) is 10.2. The zero-order valence-electron chi connectivity index (χ0n) is 14.8. The molecule has 0 atom stereocenters. The van der Waals surface area contributed by atoms with Crippen LogP contribution >= 0.6 is 15.9 Å². The Morgan fingerprint density at radius 3 is 2.61 bits per heavy atom. The molecule has 0 radical (unpaired) electrons. The highest BCUT2D eigenvalue weighted by atomic mass is 79.9. The van der Waals surface area contributed by atoms with Gasteiger partial charge in [-0.2, -0.15) is 0 Å². The van der Waals surface area contributed by atoms with E-state index in [-0.39, 0.29) is 37.5 Å². The number of para-hydroxylation sites is 2. The predicted octanol–water partition coefficient (Wildman–Crippen LogP) is 2.60. The number of carbonyl (C=O) groups excluding carboxylic acids is 3. The zero-order valence-corrected chi connectivity index (χ0v) is 16.4. The number of rotatable bonds is 9. The highest BCUT2D eigenvalue weighted by Crippen LogP contribution is 2.24. The average Bonchev–Trinajstić information content (AvgIpc) is 2.64. The smallest absolute Gasteiger partial charge is 0.252 e. The van der Waals surface area contributed by atoms with Crippen LogP contribution in [0.2, 0.25) is 0 Å². The summed E-state index contributed by atoms with van der Waals surface area (Å²) in [6, 6.07) is 10.5. The molecule has 0 saturated carbocycles. The second kappa shape index (κ2) is 10.4. The van der Waals surface area contributed by atoms with Crippen LogP contribution in [0.25, 0.3) is 0 Å². The van der Waals surface area contributed by atoms with Crippen LogP contribution in [-0.2, 0) is 9.59 Å². The van der Waals surface area contributed by atoms with Gasteiger partial charge >= 0.3 is 0 Å². The van der Waals surface area contributed by atoms with Crippen LogP contribution in [0.4, 0.5) is 10.1 Å². The summed E-state index contributed by atoms with van der Waals surface area (Å²) in [6.07, 6.45) is 0.0677. The Hall–Kier alpha value is -2.94. The van der Waals surface area contributed by atoms with E-state index in [0.29, 0.717) is 15.9 Å². The largest absolute Gasteiger partial charge is 0.491 e. The first-order valence-electron chi connectivity index (χ1n) is 8.40. The van der Waals surface area contributed by atoms with Crippen LogP contribution in [-0.4, -0.2) is 30.9 Å². The van der Waals surface area contributed by atoms with E-state index in [4.69, 9.17) is 10.5 Å². The maximum atomic E-state index is 13.3. The van der Waals surface area contributed by atoms with Crippen molar-refractivity contribution in [3.05, 3.63) is 58.3 Å². The molecule has 2 rings (SSSR count). The fraction of sp³-hybridized carbons (Fsp3) is 0.211. The molecule has 0 spiro atoms. The summed E-state index contributed by atoms with van der Waals surface area (Å²) in [6.45, 7) is 0.166. The van der Waals surface area contributed by atoms with Gasteiger partial charge in [0.15, 0.2) is 0 Å². The first kappa shape index (κ1) is 21.4. The summed E-state index contributed by atoms with van der Waals surface area (Å²) in [5, 5.41) is 5.25. The van der Waals surface area contributed by atoms with Crippen molar-refractivity contribution in [2.45, 2.75) is 12.8 Å². The molecule has 0 saturated heterocycles. The predicted molar refractivity (Wildman–Crippen MR) is 105 cm³/mol. The molecule has 0 aromatic heterocycles. The second-order valence-corrected chi connectivity index (χ2v) is 6.59.